The lowest BCUT2D eigenvalue weighted by atomic mass is 10.1. The highest BCUT2D eigenvalue weighted by atomic mass is 15.3. The minimum Gasteiger partial charge on any atom is -0.315 e. The van der Waals surface area contributed by atoms with Gasteiger partial charge in [-0.3, -0.25) is 4.68 Å². The Kier molecular flexibility index (Phi) is 5.69. The summed E-state index contributed by atoms with van der Waals surface area (Å²) in [5, 5.41) is 8.07. The number of aromatic nitrogens is 2. The monoisotopic (exact) mass is 237 g/mol. The van der Waals surface area contributed by atoms with Crippen molar-refractivity contribution in [1.82, 2.24) is 15.1 Å². The Hall–Kier alpha value is -0.830. The summed E-state index contributed by atoms with van der Waals surface area (Å²) >= 11 is 0. The molecule has 17 heavy (non-hydrogen) atoms. The molecule has 0 aliphatic heterocycles. The third-order valence-electron chi connectivity index (χ3n) is 3.12. The van der Waals surface area contributed by atoms with Gasteiger partial charge in [0.2, 0.25) is 0 Å². The lowest BCUT2D eigenvalue weighted by Gasteiger charge is -2.08. The maximum absolute atomic E-state index is 4.61. The van der Waals surface area contributed by atoms with E-state index in [1.54, 1.807) is 0 Å². The van der Waals surface area contributed by atoms with E-state index in [0.717, 1.165) is 25.9 Å². The molecule has 1 rings (SSSR count). The number of aryl methyl sites for hydroxylation is 2. The lowest BCUT2D eigenvalue weighted by molar-refractivity contribution is 0.567. The fourth-order valence-corrected chi connectivity index (χ4v) is 2.18. The van der Waals surface area contributed by atoms with Crippen molar-refractivity contribution in [2.75, 3.05) is 6.54 Å². The van der Waals surface area contributed by atoms with Crippen molar-refractivity contribution in [1.29, 1.82) is 0 Å². The van der Waals surface area contributed by atoms with E-state index in [-0.39, 0.29) is 0 Å². The molecule has 0 amide bonds. The molecule has 0 bridgehead atoms. The molecule has 0 aromatic carbocycles. The Bertz CT molecular complexity index is 339. The zero-order valence-electron chi connectivity index (χ0n) is 12.0. The van der Waals surface area contributed by atoms with E-state index in [2.05, 4.69) is 49.7 Å². The molecule has 0 aliphatic carbocycles. The van der Waals surface area contributed by atoms with Crippen molar-refractivity contribution >= 4 is 0 Å². The largest absolute Gasteiger partial charge is 0.315 e. The summed E-state index contributed by atoms with van der Waals surface area (Å²) < 4.78 is 2.15. The maximum Gasteiger partial charge on any atom is 0.0628 e. The summed E-state index contributed by atoms with van der Waals surface area (Å²) in [5.41, 5.74) is 4.01. The van der Waals surface area contributed by atoms with Crippen LogP contribution in [-0.4, -0.2) is 22.4 Å². The molecule has 1 aromatic rings. The zero-order chi connectivity index (χ0) is 12.8. The first-order chi connectivity index (χ1) is 8.06. The third-order valence-corrected chi connectivity index (χ3v) is 3.12. The molecule has 1 N–H and O–H groups in total. The van der Waals surface area contributed by atoms with Gasteiger partial charge in [-0.05, 0) is 45.2 Å². The van der Waals surface area contributed by atoms with Gasteiger partial charge < -0.3 is 5.32 Å². The van der Waals surface area contributed by atoms with Crippen LogP contribution >= 0.6 is 0 Å². The van der Waals surface area contributed by atoms with E-state index in [9.17, 15) is 0 Å². The van der Waals surface area contributed by atoms with E-state index in [0.29, 0.717) is 6.04 Å². The van der Waals surface area contributed by atoms with Crippen molar-refractivity contribution in [3.8, 4) is 0 Å². The second-order valence-corrected chi connectivity index (χ2v) is 5.08. The smallest absolute Gasteiger partial charge is 0.0628 e. The van der Waals surface area contributed by atoms with Gasteiger partial charge in [-0.1, -0.05) is 20.8 Å². The van der Waals surface area contributed by atoms with Crippen molar-refractivity contribution in [3.63, 3.8) is 0 Å². The normalized spacial score (nSPS) is 11.4. The van der Waals surface area contributed by atoms with Crippen LogP contribution in [0.4, 0.5) is 0 Å². The van der Waals surface area contributed by atoms with Crippen molar-refractivity contribution in [2.45, 2.75) is 66.5 Å². The molecule has 0 unspecified atom stereocenters. The molecule has 3 heteroatoms. The maximum atomic E-state index is 4.61. The number of rotatable bonds is 7. The first-order valence-corrected chi connectivity index (χ1v) is 6.82. The van der Waals surface area contributed by atoms with Gasteiger partial charge in [-0.2, -0.15) is 5.10 Å². The van der Waals surface area contributed by atoms with E-state index in [4.69, 9.17) is 0 Å². The van der Waals surface area contributed by atoms with Crippen LogP contribution in [0.2, 0.25) is 0 Å². The summed E-state index contributed by atoms with van der Waals surface area (Å²) in [6.07, 6.45) is 3.48. The van der Waals surface area contributed by atoms with Gasteiger partial charge in [0.05, 0.1) is 5.69 Å². The SMILES string of the molecule is CCCn1nc(C)c(CCCNC(C)C)c1C. The van der Waals surface area contributed by atoms with E-state index in [1.807, 2.05) is 0 Å². The molecule has 0 spiro atoms. The van der Waals surface area contributed by atoms with Gasteiger partial charge in [0.25, 0.3) is 0 Å². The number of nitrogens with zero attached hydrogens (tertiary/aromatic N) is 2. The second-order valence-electron chi connectivity index (χ2n) is 5.08. The third kappa shape index (κ3) is 4.15. The van der Waals surface area contributed by atoms with Crippen LogP contribution in [0.15, 0.2) is 0 Å². The molecule has 98 valence electrons. The molecular formula is C14H27N3. The topological polar surface area (TPSA) is 29.9 Å². The number of hydrogen-bond donors (Lipinski definition) is 1. The van der Waals surface area contributed by atoms with Gasteiger partial charge in [0.15, 0.2) is 0 Å². The van der Waals surface area contributed by atoms with Crippen molar-refractivity contribution in [2.24, 2.45) is 0 Å². The van der Waals surface area contributed by atoms with Crippen LogP contribution in [0.1, 0.15) is 50.6 Å². The van der Waals surface area contributed by atoms with Gasteiger partial charge in [0, 0.05) is 18.3 Å². The Morgan fingerprint density at radius 1 is 1.29 bits per heavy atom. The molecule has 1 aromatic heterocycles. The summed E-state index contributed by atoms with van der Waals surface area (Å²) in [7, 11) is 0. The molecule has 3 nitrogen and oxygen atoms in total. The lowest BCUT2D eigenvalue weighted by Crippen LogP contribution is -2.24. The molecule has 0 saturated carbocycles. The molecule has 0 fully saturated rings. The predicted molar refractivity (Wildman–Crippen MR) is 73.5 cm³/mol. The minimum absolute atomic E-state index is 0.583. The fourth-order valence-electron chi connectivity index (χ4n) is 2.18. The quantitative estimate of drug-likeness (QED) is 0.739. The average molecular weight is 237 g/mol. The van der Waals surface area contributed by atoms with E-state index in [1.165, 1.54) is 23.4 Å². The average Bonchev–Trinajstić information content (AvgIpc) is 2.51. The Morgan fingerprint density at radius 2 is 2.00 bits per heavy atom. The van der Waals surface area contributed by atoms with Crippen molar-refractivity contribution < 1.29 is 0 Å². The first-order valence-electron chi connectivity index (χ1n) is 6.82. The van der Waals surface area contributed by atoms with Gasteiger partial charge in [-0.25, -0.2) is 0 Å². The van der Waals surface area contributed by atoms with E-state index >= 15 is 0 Å². The Morgan fingerprint density at radius 3 is 2.59 bits per heavy atom. The summed E-state index contributed by atoms with van der Waals surface area (Å²) in [4.78, 5) is 0. The summed E-state index contributed by atoms with van der Waals surface area (Å²) in [6.45, 7) is 13.0. The van der Waals surface area contributed by atoms with Crippen LogP contribution in [0.5, 0.6) is 0 Å². The zero-order valence-corrected chi connectivity index (χ0v) is 12.0. The summed E-state index contributed by atoms with van der Waals surface area (Å²) in [5.74, 6) is 0. The van der Waals surface area contributed by atoms with Crippen LogP contribution in [0, 0.1) is 13.8 Å². The van der Waals surface area contributed by atoms with Gasteiger partial charge >= 0.3 is 0 Å². The van der Waals surface area contributed by atoms with Crippen molar-refractivity contribution in [3.05, 3.63) is 17.0 Å². The van der Waals surface area contributed by atoms with E-state index < -0.39 is 0 Å². The molecular weight excluding hydrogens is 210 g/mol. The molecule has 0 saturated heterocycles. The molecule has 0 aliphatic rings. The molecule has 0 atom stereocenters. The van der Waals surface area contributed by atoms with Crippen LogP contribution in [0.3, 0.4) is 0 Å². The Labute approximate surface area is 106 Å². The molecule has 1 heterocycles. The first kappa shape index (κ1) is 14.2. The van der Waals surface area contributed by atoms with Crippen LogP contribution in [-0.2, 0) is 13.0 Å². The highest BCUT2D eigenvalue weighted by molar-refractivity contribution is 5.24. The Balaban J connectivity index is 2.52. The fraction of sp³-hybridized carbons (Fsp3) is 0.786. The van der Waals surface area contributed by atoms with Gasteiger partial charge in [0.1, 0.15) is 0 Å². The minimum atomic E-state index is 0.583. The van der Waals surface area contributed by atoms with Crippen LogP contribution < -0.4 is 5.32 Å². The number of nitrogens with one attached hydrogen (secondary N) is 1. The second kappa shape index (κ2) is 6.80. The standard InChI is InChI=1S/C14H27N3/c1-6-10-17-13(5)14(12(4)16-17)8-7-9-15-11(2)3/h11,15H,6-10H2,1-5H3. The predicted octanol–water partition coefficient (Wildman–Crippen LogP) is 2.84. The number of hydrogen-bond acceptors (Lipinski definition) is 2. The highest BCUT2D eigenvalue weighted by Gasteiger charge is 2.10. The highest BCUT2D eigenvalue weighted by Crippen LogP contribution is 2.15. The summed E-state index contributed by atoms with van der Waals surface area (Å²) in [6, 6.07) is 0.583. The van der Waals surface area contributed by atoms with Crippen LogP contribution in [0.25, 0.3) is 0 Å². The molecule has 0 radical (unpaired) electrons. The van der Waals surface area contributed by atoms with Gasteiger partial charge in [-0.15, -0.1) is 0 Å².